The highest BCUT2D eigenvalue weighted by Crippen LogP contribution is 2.23. The quantitative estimate of drug-likeness (QED) is 0.591. The molecule has 1 aliphatic heterocycles. The normalized spacial score (nSPS) is 14.8. The van der Waals surface area contributed by atoms with Crippen LogP contribution in [0.1, 0.15) is 19.3 Å². The van der Waals surface area contributed by atoms with Crippen LogP contribution >= 0.6 is 0 Å². The summed E-state index contributed by atoms with van der Waals surface area (Å²) in [6, 6.07) is 10.2. The molecule has 110 valence electrons. The minimum atomic E-state index is 0.393. The molecular weight excluding hydrogens is 264 g/mol. The van der Waals surface area contributed by atoms with Gasteiger partial charge in [0.2, 0.25) is 5.95 Å². The van der Waals surface area contributed by atoms with E-state index in [-0.39, 0.29) is 0 Å². The molecule has 1 fully saturated rings. The van der Waals surface area contributed by atoms with Crippen molar-refractivity contribution in [3.63, 3.8) is 0 Å². The first-order chi connectivity index (χ1) is 10.3. The minimum Gasteiger partial charge on any atom is -0.372 e. The van der Waals surface area contributed by atoms with Crippen molar-refractivity contribution in [1.82, 2.24) is 9.97 Å². The Morgan fingerprint density at radius 1 is 1.00 bits per heavy atom. The first-order valence-corrected chi connectivity index (χ1v) is 7.27. The molecule has 2 aromatic rings. The standard InChI is InChI=1S/C15H20N6/c16-20-15-17-9-8-14(19-15)18-12-4-6-13(7-5-12)21-10-2-1-3-11-21/h4-9H,1-3,10-11,16H2,(H2,17,18,19,20). The first-order valence-electron chi connectivity index (χ1n) is 7.27. The van der Waals surface area contributed by atoms with E-state index in [9.17, 15) is 0 Å². The van der Waals surface area contributed by atoms with E-state index in [4.69, 9.17) is 5.84 Å². The summed E-state index contributed by atoms with van der Waals surface area (Å²) in [7, 11) is 0. The van der Waals surface area contributed by atoms with Crippen LogP contribution < -0.4 is 21.5 Å². The molecular formula is C15H20N6. The monoisotopic (exact) mass is 284 g/mol. The van der Waals surface area contributed by atoms with Crippen LogP contribution in [0.15, 0.2) is 36.5 Å². The van der Waals surface area contributed by atoms with Gasteiger partial charge in [-0.1, -0.05) is 0 Å². The summed E-state index contributed by atoms with van der Waals surface area (Å²) in [5.74, 6) is 6.41. The third kappa shape index (κ3) is 3.41. The van der Waals surface area contributed by atoms with Crippen molar-refractivity contribution < 1.29 is 0 Å². The van der Waals surface area contributed by atoms with Crippen LogP contribution in [0.3, 0.4) is 0 Å². The number of nitrogens with zero attached hydrogens (tertiary/aromatic N) is 3. The van der Waals surface area contributed by atoms with Gasteiger partial charge in [-0.15, -0.1) is 0 Å². The Hall–Kier alpha value is -2.34. The van der Waals surface area contributed by atoms with Crippen LogP contribution in [0.25, 0.3) is 0 Å². The van der Waals surface area contributed by atoms with Crippen molar-refractivity contribution in [1.29, 1.82) is 0 Å². The highest BCUT2D eigenvalue weighted by molar-refractivity contribution is 5.61. The van der Waals surface area contributed by atoms with E-state index in [0.717, 1.165) is 18.8 Å². The Labute approximate surface area is 124 Å². The second kappa shape index (κ2) is 6.41. The molecule has 6 heteroatoms. The van der Waals surface area contributed by atoms with Crippen molar-refractivity contribution >= 4 is 23.1 Å². The van der Waals surface area contributed by atoms with Gasteiger partial charge in [-0.3, -0.25) is 5.43 Å². The van der Waals surface area contributed by atoms with Crippen LogP contribution in [-0.2, 0) is 0 Å². The van der Waals surface area contributed by atoms with E-state index in [1.807, 2.05) is 0 Å². The predicted octanol–water partition coefficient (Wildman–Crippen LogP) is 2.50. The fraction of sp³-hybridized carbons (Fsp3) is 0.333. The number of nitrogens with two attached hydrogens (primary N) is 1. The molecule has 1 aromatic carbocycles. The molecule has 21 heavy (non-hydrogen) atoms. The minimum absolute atomic E-state index is 0.393. The average molecular weight is 284 g/mol. The van der Waals surface area contributed by atoms with Gasteiger partial charge in [-0.2, -0.15) is 4.98 Å². The number of nitrogen functional groups attached to an aromatic ring is 1. The van der Waals surface area contributed by atoms with Crippen LogP contribution in [0.5, 0.6) is 0 Å². The summed E-state index contributed by atoms with van der Waals surface area (Å²) >= 11 is 0. The first kappa shape index (κ1) is 13.6. The molecule has 1 aromatic heterocycles. The van der Waals surface area contributed by atoms with Gasteiger partial charge in [0.15, 0.2) is 0 Å². The lowest BCUT2D eigenvalue weighted by molar-refractivity contribution is 0.578. The molecule has 3 rings (SSSR count). The van der Waals surface area contributed by atoms with Gasteiger partial charge in [-0.05, 0) is 49.6 Å². The van der Waals surface area contributed by atoms with Gasteiger partial charge in [0.1, 0.15) is 5.82 Å². The van der Waals surface area contributed by atoms with E-state index in [0.29, 0.717) is 11.8 Å². The number of piperidine rings is 1. The fourth-order valence-corrected chi connectivity index (χ4v) is 2.55. The van der Waals surface area contributed by atoms with Gasteiger partial charge in [0.25, 0.3) is 0 Å². The van der Waals surface area contributed by atoms with Crippen molar-refractivity contribution in [3.8, 4) is 0 Å². The molecule has 0 saturated carbocycles. The van der Waals surface area contributed by atoms with E-state index < -0.39 is 0 Å². The van der Waals surface area contributed by atoms with Gasteiger partial charge < -0.3 is 10.2 Å². The van der Waals surface area contributed by atoms with Gasteiger partial charge >= 0.3 is 0 Å². The zero-order valence-electron chi connectivity index (χ0n) is 11.9. The lowest BCUT2D eigenvalue weighted by atomic mass is 10.1. The Morgan fingerprint density at radius 3 is 2.48 bits per heavy atom. The predicted molar refractivity (Wildman–Crippen MR) is 85.6 cm³/mol. The van der Waals surface area contributed by atoms with Crippen molar-refractivity contribution in [2.24, 2.45) is 5.84 Å². The van der Waals surface area contributed by atoms with Crippen LogP contribution in [0.2, 0.25) is 0 Å². The second-order valence-corrected chi connectivity index (χ2v) is 5.13. The number of benzene rings is 1. The summed E-state index contributed by atoms with van der Waals surface area (Å²) in [6.45, 7) is 2.31. The maximum absolute atomic E-state index is 5.31. The van der Waals surface area contributed by atoms with E-state index >= 15 is 0 Å². The molecule has 6 nitrogen and oxygen atoms in total. The molecule has 0 spiro atoms. The number of anilines is 4. The van der Waals surface area contributed by atoms with E-state index in [1.54, 1.807) is 12.3 Å². The molecule has 2 heterocycles. The SMILES string of the molecule is NNc1nccc(Nc2ccc(N3CCCCC3)cc2)n1. The number of rotatable bonds is 4. The Balaban J connectivity index is 1.68. The molecule has 1 saturated heterocycles. The van der Waals surface area contributed by atoms with Gasteiger partial charge in [0.05, 0.1) is 0 Å². The highest BCUT2D eigenvalue weighted by atomic mass is 15.3. The Morgan fingerprint density at radius 2 is 1.76 bits per heavy atom. The molecule has 0 atom stereocenters. The average Bonchev–Trinajstić information content (AvgIpc) is 2.56. The topological polar surface area (TPSA) is 79.1 Å². The molecule has 0 aliphatic carbocycles. The summed E-state index contributed by atoms with van der Waals surface area (Å²) in [4.78, 5) is 10.6. The van der Waals surface area contributed by atoms with Crippen LogP contribution in [0, 0.1) is 0 Å². The third-order valence-corrected chi connectivity index (χ3v) is 3.65. The summed E-state index contributed by atoms with van der Waals surface area (Å²) in [5, 5.41) is 3.24. The zero-order chi connectivity index (χ0) is 14.5. The molecule has 0 unspecified atom stereocenters. The van der Waals surface area contributed by atoms with Crippen LogP contribution in [-0.4, -0.2) is 23.1 Å². The number of hydrazine groups is 1. The maximum Gasteiger partial charge on any atom is 0.239 e. The van der Waals surface area contributed by atoms with Gasteiger partial charge in [-0.25, -0.2) is 10.8 Å². The van der Waals surface area contributed by atoms with Crippen molar-refractivity contribution in [3.05, 3.63) is 36.5 Å². The lowest BCUT2D eigenvalue weighted by Gasteiger charge is -2.28. The molecule has 0 radical (unpaired) electrons. The molecule has 0 bridgehead atoms. The Bertz CT molecular complexity index is 577. The van der Waals surface area contributed by atoms with Gasteiger partial charge in [0, 0.05) is 30.7 Å². The number of aromatic nitrogens is 2. The zero-order valence-corrected chi connectivity index (χ0v) is 11.9. The molecule has 1 aliphatic rings. The van der Waals surface area contributed by atoms with Crippen molar-refractivity contribution in [2.45, 2.75) is 19.3 Å². The van der Waals surface area contributed by atoms with E-state index in [1.165, 1.54) is 24.9 Å². The third-order valence-electron chi connectivity index (χ3n) is 3.65. The number of nitrogens with one attached hydrogen (secondary N) is 2. The number of hydrogen-bond donors (Lipinski definition) is 3. The number of hydrogen-bond acceptors (Lipinski definition) is 6. The molecule has 4 N–H and O–H groups in total. The van der Waals surface area contributed by atoms with E-state index in [2.05, 4.69) is 49.9 Å². The summed E-state index contributed by atoms with van der Waals surface area (Å²) in [5.41, 5.74) is 4.72. The highest BCUT2D eigenvalue weighted by Gasteiger charge is 2.10. The smallest absolute Gasteiger partial charge is 0.239 e. The van der Waals surface area contributed by atoms with Crippen LogP contribution in [0.4, 0.5) is 23.1 Å². The Kier molecular flexibility index (Phi) is 4.16. The summed E-state index contributed by atoms with van der Waals surface area (Å²) in [6.07, 6.45) is 5.58. The lowest BCUT2D eigenvalue weighted by Crippen LogP contribution is -2.29. The molecule has 0 amide bonds. The van der Waals surface area contributed by atoms with Crippen molar-refractivity contribution in [2.75, 3.05) is 28.7 Å². The second-order valence-electron chi connectivity index (χ2n) is 5.13. The fourth-order valence-electron chi connectivity index (χ4n) is 2.55. The summed E-state index contributed by atoms with van der Waals surface area (Å²) < 4.78 is 0. The largest absolute Gasteiger partial charge is 0.372 e. The maximum atomic E-state index is 5.31.